The van der Waals surface area contributed by atoms with Gasteiger partial charge < -0.3 is 10.6 Å². The summed E-state index contributed by atoms with van der Waals surface area (Å²) in [6.07, 6.45) is 2.13. The van der Waals surface area contributed by atoms with Crippen molar-refractivity contribution in [2.45, 2.75) is 52.1 Å². The fraction of sp³-hybridized carbons (Fsp3) is 0.625. The van der Waals surface area contributed by atoms with Crippen molar-refractivity contribution in [2.24, 2.45) is 5.73 Å². The third-order valence-corrected chi connectivity index (χ3v) is 3.47. The number of hydrogen-bond acceptors (Lipinski definition) is 2. The molecule has 0 aliphatic carbocycles. The molecule has 18 heavy (non-hydrogen) atoms. The largest absolute Gasteiger partial charge is 0.326 e. The maximum absolute atomic E-state index is 6.11. The smallest absolute Gasteiger partial charge is 0.0345 e. The van der Waals surface area contributed by atoms with E-state index < -0.39 is 0 Å². The number of rotatable bonds is 5. The average molecular weight is 248 g/mol. The van der Waals surface area contributed by atoms with Gasteiger partial charge in [-0.25, -0.2) is 0 Å². The summed E-state index contributed by atoms with van der Waals surface area (Å²) in [6, 6.07) is 7.18. The van der Waals surface area contributed by atoms with E-state index in [4.69, 9.17) is 5.73 Å². The second-order valence-corrected chi connectivity index (χ2v) is 6.37. The van der Waals surface area contributed by atoms with Gasteiger partial charge in [-0.05, 0) is 65.8 Å². The lowest BCUT2D eigenvalue weighted by Crippen LogP contribution is -2.33. The van der Waals surface area contributed by atoms with Crippen molar-refractivity contribution in [2.75, 3.05) is 14.1 Å². The SMILES string of the molecule is Cc1ccc(C(CCC(C)(C)N)N(C)C)c(C)c1. The normalized spacial score (nSPS) is 14.0. The van der Waals surface area contributed by atoms with Gasteiger partial charge in [-0.3, -0.25) is 0 Å². The molecule has 0 heterocycles. The lowest BCUT2D eigenvalue weighted by molar-refractivity contribution is 0.261. The summed E-state index contributed by atoms with van der Waals surface area (Å²) in [5, 5.41) is 0. The van der Waals surface area contributed by atoms with Crippen LogP contribution in [0, 0.1) is 13.8 Å². The molecule has 2 heteroatoms. The van der Waals surface area contributed by atoms with Gasteiger partial charge in [0.1, 0.15) is 0 Å². The molecule has 0 saturated heterocycles. The van der Waals surface area contributed by atoms with E-state index in [1.165, 1.54) is 16.7 Å². The molecule has 1 unspecified atom stereocenters. The lowest BCUT2D eigenvalue weighted by atomic mass is 9.90. The third-order valence-electron chi connectivity index (χ3n) is 3.47. The van der Waals surface area contributed by atoms with Crippen LogP contribution in [0.1, 0.15) is 49.4 Å². The van der Waals surface area contributed by atoms with Crippen LogP contribution in [0.15, 0.2) is 18.2 Å². The highest BCUT2D eigenvalue weighted by Gasteiger charge is 2.20. The Morgan fingerprint density at radius 1 is 1.22 bits per heavy atom. The van der Waals surface area contributed by atoms with Gasteiger partial charge in [0.15, 0.2) is 0 Å². The van der Waals surface area contributed by atoms with Gasteiger partial charge in [0, 0.05) is 11.6 Å². The van der Waals surface area contributed by atoms with E-state index in [0.717, 1.165) is 12.8 Å². The summed E-state index contributed by atoms with van der Waals surface area (Å²) in [6.45, 7) is 8.54. The van der Waals surface area contributed by atoms with E-state index in [9.17, 15) is 0 Å². The highest BCUT2D eigenvalue weighted by atomic mass is 15.1. The molecular formula is C16H28N2. The van der Waals surface area contributed by atoms with Crippen LogP contribution >= 0.6 is 0 Å². The average Bonchev–Trinajstić information content (AvgIpc) is 2.18. The Bertz CT molecular complexity index is 389. The van der Waals surface area contributed by atoms with Crippen LogP contribution in [0.5, 0.6) is 0 Å². The van der Waals surface area contributed by atoms with Crippen LogP contribution in [0.4, 0.5) is 0 Å². The standard InChI is InChI=1S/C16H28N2/c1-12-7-8-14(13(2)11-12)15(18(5)6)9-10-16(3,4)17/h7-8,11,15H,9-10,17H2,1-6H3. The molecule has 0 aliphatic heterocycles. The molecule has 0 fully saturated rings. The first-order valence-electron chi connectivity index (χ1n) is 6.73. The molecular weight excluding hydrogens is 220 g/mol. The molecule has 0 spiro atoms. The maximum Gasteiger partial charge on any atom is 0.0345 e. The van der Waals surface area contributed by atoms with Gasteiger partial charge in [-0.15, -0.1) is 0 Å². The summed E-state index contributed by atoms with van der Waals surface area (Å²) in [5.74, 6) is 0. The van der Waals surface area contributed by atoms with Gasteiger partial charge in [0.05, 0.1) is 0 Å². The molecule has 0 bridgehead atoms. The van der Waals surface area contributed by atoms with Crippen molar-refractivity contribution in [3.63, 3.8) is 0 Å². The minimum absolute atomic E-state index is 0.0904. The van der Waals surface area contributed by atoms with Gasteiger partial charge in [0.2, 0.25) is 0 Å². The summed E-state index contributed by atoms with van der Waals surface area (Å²) in [5.41, 5.74) is 10.1. The van der Waals surface area contributed by atoms with Crippen molar-refractivity contribution < 1.29 is 0 Å². The molecule has 1 aromatic rings. The Morgan fingerprint density at radius 2 is 1.83 bits per heavy atom. The number of nitrogens with two attached hydrogens (primary N) is 1. The fourth-order valence-corrected chi connectivity index (χ4v) is 2.40. The van der Waals surface area contributed by atoms with E-state index in [0.29, 0.717) is 6.04 Å². The molecule has 0 aromatic heterocycles. The zero-order chi connectivity index (χ0) is 13.9. The Hall–Kier alpha value is -0.860. The van der Waals surface area contributed by atoms with Gasteiger partial charge in [0.25, 0.3) is 0 Å². The minimum atomic E-state index is -0.0904. The van der Waals surface area contributed by atoms with Crippen LogP contribution in [0.3, 0.4) is 0 Å². The van der Waals surface area contributed by atoms with Crippen molar-refractivity contribution in [3.05, 3.63) is 34.9 Å². The van der Waals surface area contributed by atoms with Crippen LogP contribution in [0.2, 0.25) is 0 Å². The monoisotopic (exact) mass is 248 g/mol. The van der Waals surface area contributed by atoms with E-state index in [2.05, 4.69) is 64.9 Å². The molecule has 102 valence electrons. The minimum Gasteiger partial charge on any atom is -0.326 e. The van der Waals surface area contributed by atoms with Crippen LogP contribution in [-0.4, -0.2) is 24.5 Å². The highest BCUT2D eigenvalue weighted by molar-refractivity contribution is 5.32. The Kier molecular flexibility index (Phi) is 4.94. The number of hydrogen-bond donors (Lipinski definition) is 1. The number of benzene rings is 1. The molecule has 1 aromatic carbocycles. The van der Waals surface area contributed by atoms with Crippen LogP contribution in [0.25, 0.3) is 0 Å². The predicted molar refractivity (Wildman–Crippen MR) is 79.8 cm³/mol. The zero-order valence-corrected chi connectivity index (χ0v) is 12.7. The third kappa shape index (κ3) is 4.43. The number of nitrogens with zero attached hydrogens (tertiary/aromatic N) is 1. The Balaban J connectivity index is 2.91. The van der Waals surface area contributed by atoms with Gasteiger partial charge in [-0.1, -0.05) is 23.8 Å². The summed E-state index contributed by atoms with van der Waals surface area (Å²) in [4.78, 5) is 2.30. The second-order valence-electron chi connectivity index (χ2n) is 6.37. The van der Waals surface area contributed by atoms with Crippen LogP contribution in [-0.2, 0) is 0 Å². The van der Waals surface area contributed by atoms with Crippen molar-refractivity contribution in [3.8, 4) is 0 Å². The predicted octanol–water partition coefficient (Wildman–Crippen LogP) is 3.42. The second kappa shape index (κ2) is 5.85. The van der Waals surface area contributed by atoms with E-state index in [1.807, 2.05) is 0 Å². The Labute approximate surface area is 112 Å². The summed E-state index contributed by atoms with van der Waals surface area (Å²) >= 11 is 0. The van der Waals surface area contributed by atoms with E-state index in [-0.39, 0.29) is 5.54 Å². The maximum atomic E-state index is 6.11. The summed E-state index contributed by atoms with van der Waals surface area (Å²) in [7, 11) is 4.29. The first-order valence-corrected chi connectivity index (χ1v) is 6.73. The molecule has 1 atom stereocenters. The van der Waals surface area contributed by atoms with E-state index >= 15 is 0 Å². The first kappa shape index (κ1) is 15.2. The molecule has 0 radical (unpaired) electrons. The number of aryl methyl sites for hydroxylation is 2. The van der Waals surface area contributed by atoms with Crippen molar-refractivity contribution >= 4 is 0 Å². The molecule has 0 amide bonds. The quantitative estimate of drug-likeness (QED) is 0.865. The first-order chi connectivity index (χ1) is 8.20. The Morgan fingerprint density at radius 3 is 2.28 bits per heavy atom. The lowest BCUT2D eigenvalue weighted by Gasteiger charge is -2.29. The molecule has 0 saturated carbocycles. The molecule has 2 nitrogen and oxygen atoms in total. The zero-order valence-electron chi connectivity index (χ0n) is 12.7. The summed E-state index contributed by atoms with van der Waals surface area (Å²) < 4.78 is 0. The fourth-order valence-electron chi connectivity index (χ4n) is 2.40. The molecule has 1 rings (SSSR count). The highest BCUT2D eigenvalue weighted by Crippen LogP contribution is 2.28. The molecule has 2 N–H and O–H groups in total. The van der Waals surface area contributed by atoms with Gasteiger partial charge >= 0.3 is 0 Å². The van der Waals surface area contributed by atoms with Crippen molar-refractivity contribution in [1.82, 2.24) is 4.90 Å². The van der Waals surface area contributed by atoms with E-state index in [1.54, 1.807) is 0 Å². The van der Waals surface area contributed by atoms with Crippen LogP contribution < -0.4 is 5.73 Å². The molecule has 0 aliphatic rings. The topological polar surface area (TPSA) is 29.3 Å². The van der Waals surface area contributed by atoms with Crippen molar-refractivity contribution in [1.29, 1.82) is 0 Å². The van der Waals surface area contributed by atoms with Gasteiger partial charge in [-0.2, -0.15) is 0 Å².